The molecule has 1 aliphatic heterocycles. The Kier molecular flexibility index (Phi) is 3.91. The van der Waals surface area contributed by atoms with E-state index in [1.165, 1.54) is 5.71 Å². The summed E-state index contributed by atoms with van der Waals surface area (Å²) >= 11 is 9.96. The lowest BCUT2D eigenvalue weighted by Crippen LogP contribution is -2.37. The fourth-order valence-electron chi connectivity index (χ4n) is 3.07. The number of allylic oxidation sites excluding steroid dienone is 5. The van der Waals surface area contributed by atoms with Crippen LogP contribution in [-0.4, -0.2) is 23.3 Å². The lowest BCUT2D eigenvalue weighted by atomic mass is 9.88. The normalized spacial score (nSPS) is 35.6. The van der Waals surface area contributed by atoms with Crippen molar-refractivity contribution in [3.05, 3.63) is 46.0 Å². The van der Waals surface area contributed by atoms with E-state index in [-0.39, 0.29) is 0 Å². The van der Waals surface area contributed by atoms with Gasteiger partial charge in [0.25, 0.3) is 0 Å². The first kappa shape index (κ1) is 14.2. The van der Waals surface area contributed by atoms with Crippen molar-refractivity contribution in [2.24, 2.45) is 22.9 Å². The molecule has 2 aliphatic carbocycles. The molecule has 0 amide bonds. The van der Waals surface area contributed by atoms with Gasteiger partial charge in [-0.2, -0.15) is 5.10 Å². The van der Waals surface area contributed by atoms with Gasteiger partial charge >= 0.3 is 0 Å². The zero-order valence-corrected chi connectivity index (χ0v) is 14.0. The third kappa shape index (κ3) is 2.53. The lowest BCUT2D eigenvalue weighted by molar-refractivity contribution is 0.209. The molecule has 4 atom stereocenters. The molecule has 4 unspecified atom stereocenters. The summed E-state index contributed by atoms with van der Waals surface area (Å²) in [6.45, 7) is 5.19. The number of fused-ring (bicyclic) bond motifs is 1. The summed E-state index contributed by atoms with van der Waals surface area (Å²) in [5.41, 5.74) is 1.18. The highest BCUT2D eigenvalue weighted by molar-refractivity contribution is 9.11. The van der Waals surface area contributed by atoms with Gasteiger partial charge in [-0.3, -0.25) is 5.01 Å². The molecule has 3 rings (SSSR count). The van der Waals surface area contributed by atoms with E-state index in [0.717, 1.165) is 16.1 Å². The van der Waals surface area contributed by atoms with Crippen LogP contribution in [0.1, 0.15) is 13.8 Å². The highest BCUT2D eigenvalue weighted by atomic mass is 79.9. The van der Waals surface area contributed by atoms with Crippen molar-refractivity contribution in [2.45, 2.75) is 19.9 Å². The molecular formula is C16H18BrClN2. The summed E-state index contributed by atoms with van der Waals surface area (Å²) in [7, 11) is 0. The van der Waals surface area contributed by atoms with Gasteiger partial charge in [-0.15, -0.1) is 0 Å². The van der Waals surface area contributed by atoms with Crippen LogP contribution in [0.3, 0.4) is 0 Å². The Morgan fingerprint density at radius 1 is 1.40 bits per heavy atom. The molecule has 0 saturated heterocycles. The average Bonchev–Trinajstić information content (AvgIpc) is 2.70. The third-order valence-corrected chi connectivity index (χ3v) is 5.25. The maximum Gasteiger partial charge on any atom is 0.0780 e. The second-order valence-electron chi connectivity index (χ2n) is 5.69. The van der Waals surface area contributed by atoms with Crippen molar-refractivity contribution < 1.29 is 0 Å². The van der Waals surface area contributed by atoms with Crippen LogP contribution in [-0.2, 0) is 0 Å². The molecule has 3 aliphatic rings. The minimum Gasteiger partial charge on any atom is -0.289 e. The number of nitrogens with zero attached hydrogens (tertiary/aromatic N) is 2. The van der Waals surface area contributed by atoms with Crippen LogP contribution in [0.4, 0.5) is 0 Å². The first-order valence-electron chi connectivity index (χ1n) is 6.97. The van der Waals surface area contributed by atoms with E-state index in [1.54, 1.807) is 0 Å². The molecule has 0 fully saturated rings. The Bertz CT molecular complexity index is 559. The van der Waals surface area contributed by atoms with E-state index >= 15 is 0 Å². The third-order valence-electron chi connectivity index (χ3n) is 4.32. The van der Waals surface area contributed by atoms with Gasteiger partial charge in [0.1, 0.15) is 0 Å². The molecule has 4 heteroatoms. The van der Waals surface area contributed by atoms with Gasteiger partial charge in [-0.25, -0.2) is 0 Å². The number of hydrazone groups is 1. The van der Waals surface area contributed by atoms with E-state index in [2.05, 4.69) is 59.1 Å². The number of hydrogen-bond donors (Lipinski definition) is 0. The van der Waals surface area contributed by atoms with Gasteiger partial charge in [0.2, 0.25) is 0 Å². The van der Waals surface area contributed by atoms with Gasteiger partial charge in [0.05, 0.1) is 6.04 Å². The summed E-state index contributed by atoms with van der Waals surface area (Å²) in [5, 5.41) is 7.89. The minimum absolute atomic E-state index is 0.317. The van der Waals surface area contributed by atoms with Crippen molar-refractivity contribution >= 4 is 33.2 Å². The summed E-state index contributed by atoms with van der Waals surface area (Å²) in [6, 6.07) is 0.317. The smallest absolute Gasteiger partial charge is 0.0780 e. The Hall–Kier alpha value is -0.800. The van der Waals surface area contributed by atoms with Crippen molar-refractivity contribution in [1.29, 1.82) is 0 Å². The fraction of sp³-hybridized carbons (Fsp3) is 0.438. The quantitative estimate of drug-likeness (QED) is 0.716. The molecule has 0 bridgehead atoms. The fourth-order valence-corrected chi connectivity index (χ4v) is 3.84. The van der Waals surface area contributed by atoms with Crippen LogP contribution in [0.15, 0.2) is 51.1 Å². The molecule has 2 nitrogen and oxygen atoms in total. The molecule has 0 aromatic carbocycles. The monoisotopic (exact) mass is 352 g/mol. The molecule has 0 saturated carbocycles. The molecule has 0 N–H and O–H groups in total. The number of rotatable bonds is 2. The van der Waals surface area contributed by atoms with E-state index in [4.69, 9.17) is 16.7 Å². The van der Waals surface area contributed by atoms with E-state index in [0.29, 0.717) is 23.8 Å². The predicted molar refractivity (Wildman–Crippen MR) is 89.0 cm³/mol. The predicted octanol–water partition coefficient (Wildman–Crippen LogP) is 4.46. The largest absolute Gasteiger partial charge is 0.289 e. The van der Waals surface area contributed by atoms with Crippen LogP contribution in [0.25, 0.3) is 0 Å². The summed E-state index contributed by atoms with van der Waals surface area (Å²) < 4.78 is 1.13. The molecule has 0 aromatic heterocycles. The molecule has 106 valence electrons. The molecule has 0 radical (unpaired) electrons. The standard InChI is InChI=1S/C16H18BrClN2/c1-10-4-3-5-15(18)14(10)9-20-16-8-12(17)6-7-13(16)11(2)19-20/h3-8,10,13-14,16H,9H2,1-2H3. The second-order valence-corrected chi connectivity index (χ2v) is 7.04. The Morgan fingerprint density at radius 3 is 2.95 bits per heavy atom. The zero-order valence-electron chi connectivity index (χ0n) is 11.6. The van der Waals surface area contributed by atoms with Crippen LogP contribution in [0, 0.1) is 17.8 Å². The molecule has 0 aromatic rings. The molecule has 0 spiro atoms. The van der Waals surface area contributed by atoms with Crippen molar-refractivity contribution in [3.63, 3.8) is 0 Å². The van der Waals surface area contributed by atoms with Gasteiger partial charge < -0.3 is 0 Å². The van der Waals surface area contributed by atoms with E-state index in [9.17, 15) is 0 Å². The second kappa shape index (κ2) is 5.53. The first-order chi connectivity index (χ1) is 9.56. The zero-order chi connectivity index (χ0) is 14.3. The first-order valence-corrected chi connectivity index (χ1v) is 8.14. The van der Waals surface area contributed by atoms with Crippen LogP contribution < -0.4 is 0 Å². The van der Waals surface area contributed by atoms with Crippen LogP contribution in [0.5, 0.6) is 0 Å². The Morgan fingerprint density at radius 2 is 2.20 bits per heavy atom. The van der Waals surface area contributed by atoms with Crippen molar-refractivity contribution in [2.75, 3.05) is 6.54 Å². The summed E-state index contributed by atoms with van der Waals surface area (Å²) in [6.07, 6.45) is 12.9. The Labute approximate surface area is 133 Å². The minimum atomic E-state index is 0.317. The van der Waals surface area contributed by atoms with Crippen molar-refractivity contribution in [1.82, 2.24) is 5.01 Å². The van der Waals surface area contributed by atoms with Gasteiger partial charge in [-0.1, -0.05) is 58.8 Å². The lowest BCUT2D eigenvalue weighted by Gasteiger charge is -2.32. The average molecular weight is 354 g/mol. The van der Waals surface area contributed by atoms with E-state index in [1.807, 2.05) is 12.2 Å². The number of hydrogen-bond acceptors (Lipinski definition) is 2. The molecular weight excluding hydrogens is 336 g/mol. The van der Waals surface area contributed by atoms with Gasteiger partial charge in [0.15, 0.2) is 0 Å². The number of halogens is 2. The SMILES string of the molecule is CC1=NN(CC2C(Cl)=CC=CC2C)C2C=C(Br)C=CC12. The summed E-state index contributed by atoms with van der Waals surface area (Å²) in [5.74, 6) is 1.18. The Balaban J connectivity index is 1.80. The molecule has 1 heterocycles. The van der Waals surface area contributed by atoms with E-state index < -0.39 is 0 Å². The van der Waals surface area contributed by atoms with Crippen molar-refractivity contribution in [3.8, 4) is 0 Å². The topological polar surface area (TPSA) is 15.6 Å². The van der Waals surface area contributed by atoms with Gasteiger partial charge in [0, 0.05) is 33.6 Å². The van der Waals surface area contributed by atoms with Crippen LogP contribution in [0.2, 0.25) is 0 Å². The molecule has 20 heavy (non-hydrogen) atoms. The van der Waals surface area contributed by atoms with Gasteiger partial charge in [-0.05, 0) is 25.0 Å². The highest BCUT2D eigenvalue weighted by Crippen LogP contribution is 2.35. The maximum atomic E-state index is 6.39. The van der Waals surface area contributed by atoms with Crippen LogP contribution >= 0.6 is 27.5 Å². The maximum absolute atomic E-state index is 6.39. The summed E-state index contributed by atoms with van der Waals surface area (Å²) in [4.78, 5) is 0. The highest BCUT2D eigenvalue weighted by Gasteiger charge is 2.36.